The summed E-state index contributed by atoms with van der Waals surface area (Å²) in [6, 6.07) is 20.5. The summed E-state index contributed by atoms with van der Waals surface area (Å²) < 4.78 is 5.58. The van der Waals surface area contributed by atoms with E-state index in [1.54, 1.807) is 6.07 Å². The number of hydrogen-bond donors (Lipinski definition) is 2. The van der Waals surface area contributed by atoms with Crippen LogP contribution in [0.2, 0.25) is 0 Å². The van der Waals surface area contributed by atoms with Crippen LogP contribution in [0.25, 0.3) is 10.8 Å². The molecule has 3 aromatic rings. The van der Waals surface area contributed by atoms with Gasteiger partial charge in [0, 0.05) is 0 Å². The Balaban J connectivity index is 1.72. The quantitative estimate of drug-likeness (QED) is 0.578. The van der Waals surface area contributed by atoms with Crippen LogP contribution in [0.15, 0.2) is 66.7 Å². The Morgan fingerprint density at radius 3 is 2.40 bits per heavy atom. The third kappa shape index (κ3) is 5.17. The SMILES string of the molecule is CCOc1ccccc1NC(=O)[C@@H](NC(=O)Cc1cccc2ccccc12)C(C)C. The van der Waals surface area contributed by atoms with Crippen LogP contribution in [0.4, 0.5) is 5.69 Å². The fourth-order valence-corrected chi connectivity index (χ4v) is 3.44. The molecule has 1 atom stereocenters. The highest BCUT2D eigenvalue weighted by atomic mass is 16.5. The van der Waals surface area contributed by atoms with Gasteiger partial charge in [0.05, 0.1) is 18.7 Å². The minimum atomic E-state index is -0.651. The van der Waals surface area contributed by atoms with Crippen LogP contribution in [0.1, 0.15) is 26.3 Å². The van der Waals surface area contributed by atoms with Crippen LogP contribution in [-0.4, -0.2) is 24.5 Å². The molecule has 0 heterocycles. The third-order valence-electron chi connectivity index (χ3n) is 4.94. The van der Waals surface area contributed by atoms with Gasteiger partial charge in [-0.2, -0.15) is 0 Å². The lowest BCUT2D eigenvalue weighted by Crippen LogP contribution is -2.47. The predicted molar refractivity (Wildman–Crippen MR) is 121 cm³/mol. The van der Waals surface area contributed by atoms with Crippen molar-refractivity contribution in [2.75, 3.05) is 11.9 Å². The van der Waals surface area contributed by atoms with Gasteiger partial charge < -0.3 is 15.4 Å². The van der Waals surface area contributed by atoms with Gasteiger partial charge in [-0.05, 0) is 41.3 Å². The number of benzene rings is 3. The fourth-order valence-electron chi connectivity index (χ4n) is 3.44. The Bertz CT molecular complexity index is 1020. The molecule has 0 unspecified atom stereocenters. The number of ether oxygens (including phenoxy) is 1. The van der Waals surface area contributed by atoms with Gasteiger partial charge in [-0.3, -0.25) is 9.59 Å². The summed E-state index contributed by atoms with van der Waals surface area (Å²) in [7, 11) is 0. The van der Waals surface area contributed by atoms with Crippen LogP contribution in [0.5, 0.6) is 5.75 Å². The van der Waals surface area contributed by atoms with Gasteiger partial charge in [-0.15, -0.1) is 0 Å². The van der Waals surface area contributed by atoms with Crippen molar-refractivity contribution in [3.63, 3.8) is 0 Å². The summed E-state index contributed by atoms with van der Waals surface area (Å²) in [5.74, 6) is 0.0976. The van der Waals surface area contributed by atoms with Gasteiger partial charge in [0.1, 0.15) is 11.8 Å². The lowest BCUT2D eigenvalue weighted by Gasteiger charge is -2.22. The Hall–Kier alpha value is -3.34. The maximum atomic E-state index is 12.9. The highest BCUT2D eigenvalue weighted by molar-refractivity contribution is 5.99. The second kappa shape index (κ2) is 9.92. The van der Waals surface area contributed by atoms with E-state index < -0.39 is 6.04 Å². The molecular formula is C25H28N2O3. The molecule has 0 fully saturated rings. The molecule has 0 aromatic heterocycles. The highest BCUT2D eigenvalue weighted by Crippen LogP contribution is 2.24. The van der Waals surface area contributed by atoms with Crippen molar-refractivity contribution in [3.05, 3.63) is 72.3 Å². The molecule has 30 heavy (non-hydrogen) atoms. The Morgan fingerprint density at radius 2 is 1.63 bits per heavy atom. The Morgan fingerprint density at radius 1 is 0.933 bits per heavy atom. The normalized spacial score (nSPS) is 11.9. The smallest absolute Gasteiger partial charge is 0.247 e. The first-order valence-electron chi connectivity index (χ1n) is 10.3. The molecule has 5 nitrogen and oxygen atoms in total. The number of carbonyl (C=O) groups excluding carboxylic acids is 2. The van der Waals surface area contributed by atoms with E-state index in [1.165, 1.54) is 0 Å². The minimum Gasteiger partial charge on any atom is -0.492 e. The lowest BCUT2D eigenvalue weighted by molar-refractivity contribution is -0.127. The second-order valence-electron chi connectivity index (χ2n) is 7.52. The van der Waals surface area contributed by atoms with E-state index in [-0.39, 0.29) is 24.2 Å². The van der Waals surface area contributed by atoms with Crippen molar-refractivity contribution in [2.24, 2.45) is 5.92 Å². The molecule has 0 radical (unpaired) electrons. The van der Waals surface area contributed by atoms with E-state index >= 15 is 0 Å². The van der Waals surface area contributed by atoms with Crippen LogP contribution in [0.3, 0.4) is 0 Å². The van der Waals surface area contributed by atoms with Crippen molar-refractivity contribution in [1.29, 1.82) is 0 Å². The number of amides is 2. The minimum absolute atomic E-state index is 0.0688. The molecule has 0 aliphatic carbocycles. The molecule has 0 aliphatic heterocycles. The molecule has 2 N–H and O–H groups in total. The Labute approximate surface area is 177 Å². The summed E-state index contributed by atoms with van der Waals surface area (Å²) in [4.78, 5) is 25.7. The molecule has 3 rings (SSSR count). The number of carbonyl (C=O) groups is 2. The number of fused-ring (bicyclic) bond motifs is 1. The van der Waals surface area contributed by atoms with Gasteiger partial charge in [0.15, 0.2) is 0 Å². The molecule has 0 aliphatic rings. The third-order valence-corrected chi connectivity index (χ3v) is 4.94. The number of nitrogens with one attached hydrogen (secondary N) is 2. The molecule has 0 saturated carbocycles. The first-order chi connectivity index (χ1) is 14.5. The number of hydrogen-bond acceptors (Lipinski definition) is 3. The van der Waals surface area contributed by atoms with Crippen molar-refractivity contribution in [2.45, 2.75) is 33.2 Å². The maximum absolute atomic E-state index is 12.9. The van der Waals surface area contributed by atoms with Gasteiger partial charge in [-0.1, -0.05) is 68.4 Å². The predicted octanol–water partition coefficient (Wildman–Crippen LogP) is 4.56. The largest absolute Gasteiger partial charge is 0.492 e. The van der Waals surface area contributed by atoms with Crippen molar-refractivity contribution in [3.8, 4) is 5.75 Å². The fraction of sp³-hybridized carbons (Fsp3) is 0.280. The summed E-state index contributed by atoms with van der Waals surface area (Å²) in [5, 5.41) is 7.95. The summed E-state index contributed by atoms with van der Waals surface area (Å²) in [6.45, 7) is 6.22. The summed E-state index contributed by atoms with van der Waals surface area (Å²) in [6.07, 6.45) is 0.216. The number of rotatable bonds is 8. The molecule has 3 aromatic carbocycles. The molecule has 0 bridgehead atoms. The zero-order valence-electron chi connectivity index (χ0n) is 17.6. The number of para-hydroxylation sites is 2. The zero-order valence-corrected chi connectivity index (χ0v) is 17.6. The van der Waals surface area contributed by atoms with Crippen LogP contribution < -0.4 is 15.4 Å². The van der Waals surface area contributed by atoms with Gasteiger partial charge in [0.25, 0.3) is 0 Å². The average molecular weight is 405 g/mol. The highest BCUT2D eigenvalue weighted by Gasteiger charge is 2.25. The molecular weight excluding hydrogens is 376 g/mol. The van der Waals surface area contributed by atoms with Gasteiger partial charge in [0.2, 0.25) is 11.8 Å². The van der Waals surface area contributed by atoms with E-state index in [1.807, 2.05) is 81.4 Å². The zero-order chi connectivity index (χ0) is 21.5. The topological polar surface area (TPSA) is 67.4 Å². The first-order valence-corrected chi connectivity index (χ1v) is 10.3. The van der Waals surface area contributed by atoms with E-state index in [2.05, 4.69) is 10.6 Å². The van der Waals surface area contributed by atoms with E-state index in [9.17, 15) is 9.59 Å². The van der Waals surface area contributed by atoms with Crippen LogP contribution >= 0.6 is 0 Å². The molecule has 0 saturated heterocycles. The second-order valence-corrected chi connectivity index (χ2v) is 7.52. The monoisotopic (exact) mass is 404 g/mol. The van der Waals surface area contributed by atoms with Crippen molar-refractivity contribution in [1.82, 2.24) is 5.32 Å². The average Bonchev–Trinajstić information content (AvgIpc) is 2.73. The molecule has 156 valence electrons. The molecule has 5 heteroatoms. The van der Waals surface area contributed by atoms with Crippen molar-refractivity contribution >= 4 is 28.3 Å². The summed E-state index contributed by atoms with van der Waals surface area (Å²) >= 11 is 0. The van der Waals surface area contributed by atoms with Crippen molar-refractivity contribution < 1.29 is 14.3 Å². The van der Waals surface area contributed by atoms with Crippen LogP contribution in [-0.2, 0) is 16.0 Å². The van der Waals surface area contributed by atoms with E-state index in [0.717, 1.165) is 16.3 Å². The van der Waals surface area contributed by atoms with Gasteiger partial charge in [-0.25, -0.2) is 0 Å². The molecule has 2 amide bonds. The summed E-state index contributed by atoms with van der Waals surface area (Å²) in [5.41, 5.74) is 1.54. The van der Waals surface area contributed by atoms with Crippen LogP contribution in [0, 0.1) is 5.92 Å². The first kappa shape index (κ1) is 21.4. The lowest BCUT2D eigenvalue weighted by atomic mass is 10.00. The number of anilines is 1. The van der Waals surface area contributed by atoms with Gasteiger partial charge >= 0.3 is 0 Å². The molecule has 0 spiro atoms. The van der Waals surface area contributed by atoms with E-state index in [4.69, 9.17) is 4.74 Å². The Kier molecular flexibility index (Phi) is 7.07. The van der Waals surface area contributed by atoms with E-state index in [0.29, 0.717) is 18.0 Å². The maximum Gasteiger partial charge on any atom is 0.247 e. The standard InChI is InChI=1S/C25H28N2O3/c1-4-30-22-15-8-7-14-21(22)26-25(29)24(17(2)3)27-23(28)16-19-12-9-11-18-10-5-6-13-20(18)19/h5-15,17,24H,4,16H2,1-3H3,(H,26,29)(H,27,28)/t24-/m0/s1.